The van der Waals surface area contributed by atoms with Gasteiger partial charge in [-0.15, -0.1) is 11.8 Å². The van der Waals surface area contributed by atoms with Gasteiger partial charge in [-0.2, -0.15) is 13.2 Å². The number of fused-ring (bicyclic) bond motifs is 1. The number of carbonyl (C=O) groups is 1. The number of amides is 1. The molecule has 3 nitrogen and oxygen atoms in total. The average Bonchev–Trinajstić information content (AvgIpc) is 2.36. The van der Waals surface area contributed by atoms with E-state index in [0.29, 0.717) is 18.4 Å². The van der Waals surface area contributed by atoms with Crippen LogP contribution in [0.3, 0.4) is 0 Å². The maximum absolute atomic E-state index is 12.8. The second kappa shape index (κ2) is 4.72. The smallest absolute Gasteiger partial charge is 0.310 e. The molecule has 0 aromatic heterocycles. The number of hydrogen-bond acceptors (Lipinski definition) is 3. The molecule has 1 unspecified atom stereocenters. The second-order valence-electron chi connectivity index (χ2n) is 4.47. The molecule has 104 valence electrons. The monoisotopic (exact) mass is 290 g/mol. The number of carbonyl (C=O) groups excluding carboxylic acids is 1. The third-order valence-electron chi connectivity index (χ3n) is 3.01. The number of anilines is 1. The summed E-state index contributed by atoms with van der Waals surface area (Å²) in [5.74, 6) is -0.566. The standard InChI is InChI=1S/C12H13F3N2OS/c1-11(16,12(13,14)15)10(18)17-6-7-19-9-5-3-2-4-8(9)17/h2-5H,6-7,16H2,1H3. The highest BCUT2D eigenvalue weighted by atomic mass is 32.2. The van der Waals surface area contributed by atoms with E-state index in [1.54, 1.807) is 24.3 Å². The largest absolute Gasteiger partial charge is 0.415 e. The number of benzene rings is 1. The molecule has 1 heterocycles. The van der Waals surface area contributed by atoms with E-state index < -0.39 is 17.6 Å². The number of alkyl halides is 3. The summed E-state index contributed by atoms with van der Waals surface area (Å²) in [6.45, 7) is 0.934. The Labute approximate surface area is 112 Å². The molecule has 1 amide bonds. The molecule has 0 saturated heterocycles. The van der Waals surface area contributed by atoms with E-state index in [4.69, 9.17) is 5.73 Å². The molecule has 0 bridgehead atoms. The molecule has 2 N–H and O–H groups in total. The maximum atomic E-state index is 12.8. The molecule has 19 heavy (non-hydrogen) atoms. The summed E-state index contributed by atoms with van der Waals surface area (Å²) >= 11 is 1.51. The number of halogens is 3. The molecule has 0 spiro atoms. The molecule has 0 aliphatic carbocycles. The SMILES string of the molecule is CC(N)(C(=O)N1CCSc2ccccc21)C(F)(F)F. The van der Waals surface area contributed by atoms with Gasteiger partial charge in [-0.1, -0.05) is 12.1 Å². The first-order chi connectivity index (χ1) is 8.75. The summed E-state index contributed by atoms with van der Waals surface area (Å²) in [6, 6.07) is 6.88. The lowest BCUT2D eigenvalue weighted by Crippen LogP contribution is -2.63. The van der Waals surface area contributed by atoms with Gasteiger partial charge in [0.15, 0.2) is 5.54 Å². The summed E-state index contributed by atoms with van der Waals surface area (Å²) in [5, 5.41) is 0. The third kappa shape index (κ3) is 2.44. The van der Waals surface area contributed by atoms with E-state index in [1.807, 2.05) is 0 Å². The summed E-state index contributed by atoms with van der Waals surface area (Å²) in [6.07, 6.45) is -4.77. The molecular formula is C12H13F3N2OS. The Morgan fingerprint density at radius 2 is 2.00 bits per heavy atom. The van der Waals surface area contributed by atoms with Crippen molar-refractivity contribution >= 4 is 23.4 Å². The van der Waals surface area contributed by atoms with Crippen molar-refractivity contribution in [3.63, 3.8) is 0 Å². The lowest BCUT2D eigenvalue weighted by Gasteiger charge is -2.35. The van der Waals surface area contributed by atoms with Crippen molar-refractivity contribution in [2.24, 2.45) is 5.73 Å². The Hall–Kier alpha value is -1.21. The number of nitrogens with zero attached hydrogens (tertiary/aromatic N) is 1. The van der Waals surface area contributed by atoms with Crippen LogP contribution < -0.4 is 10.6 Å². The van der Waals surface area contributed by atoms with Crippen LogP contribution in [0.25, 0.3) is 0 Å². The lowest BCUT2D eigenvalue weighted by atomic mass is 10.0. The highest BCUT2D eigenvalue weighted by Crippen LogP contribution is 2.37. The summed E-state index contributed by atoms with van der Waals surface area (Å²) in [5.41, 5.74) is 2.82. The zero-order valence-electron chi connectivity index (χ0n) is 10.2. The molecule has 1 aromatic carbocycles. The Morgan fingerprint density at radius 3 is 2.63 bits per heavy atom. The van der Waals surface area contributed by atoms with Crippen LogP contribution in [0.4, 0.5) is 18.9 Å². The minimum Gasteiger partial charge on any atom is -0.310 e. The van der Waals surface area contributed by atoms with Gasteiger partial charge in [0.25, 0.3) is 5.91 Å². The van der Waals surface area contributed by atoms with E-state index >= 15 is 0 Å². The molecular weight excluding hydrogens is 277 g/mol. The fourth-order valence-corrected chi connectivity index (χ4v) is 2.78. The van der Waals surface area contributed by atoms with Crippen LogP contribution in [0.15, 0.2) is 29.2 Å². The molecule has 1 atom stereocenters. The first-order valence-corrected chi connectivity index (χ1v) is 6.63. The van der Waals surface area contributed by atoms with Crippen molar-refractivity contribution in [1.82, 2.24) is 0 Å². The molecule has 0 saturated carbocycles. The van der Waals surface area contributed by atoms with Crippen molar-refractivity contribution in [2.75, 3.05) is 17.2 Å². The van der Waals surface area contributed by atoms with E-state index in [-0.39, 0.29) is 6.54 Å². The molecule has 1 aliphatic rings. The molecule has 1 aliphatic heterocycles. The quantitative estimate of drug-likeness (QED) is 0.864. The minimum absolute atomic E-state index is 0.226. The average molecular weight is 290 g/mol. The summed E-state index contributed by atoms with van der Waals surface area (Å²) in [7, 11) is 0. The third-order valence-corrected chi connectivity index (χ3v) is 4.05. The summed E-state index contributed by atoms with van der Waals surface area (Å²) in [4.78, 5) is 14.0. The molecule has 0 radical (unpaired) electrons. The van der Waals surface area contributed by atoms with Crippen LogP contribution in [0.1, 0.15) is 6.92 Å². The highest BCUT2D eigenvalue weighted by Gasteiger charge is 2.55. The van der Waals surface area contributed by atoms with Gasteiger partial charge in [0.05, 0.1) is 5.69 Å². The van der Waals surface area contributed by atoms with Crippen LogP contribution in [-0.4, -0.2) is 29.9 Å². The fourth-order valence-electron chi connectivity index (χ4n) is 1.78. The predicted octanol–water partition coefficient (Wildman–Crippen LogP) is 2.41. The van der Waals surface area contributed by atoms with Crippen LogP contribution >= 0.6 is 11.8 Å². The molecule has 0 fully saturated rings. The Bertz CT molecular complexity index is 502. The first kappa shape index (κ1) is 14.2. The predicted molar refractivity (Wildman–Crippen MR) is 68.2 cm³/mol. The molecule has 2 rings (SSSR count). The first-order valence-electron chi connectivity index (χ1n) is 5.64. The van der Waals surface area contributed by atoms with Gasteiger partial charge in [0, 0.05) is 17.2 Å². The van der Waals surface area contributed by atoms with Crippen LogP contribution in [0, 0.1) is 0 Å². The van der Waals surface area contributed by atoms with Crippen molar-refractivity contribution in [2.45, 2.75) is 23.5 Å². The number of thioether (sulfide) groups is 1. The number of nitrogens with two attached hydrogens (primary N) is 1. The van der Waals surface area contributed by atoms with E-state index in [0.717, 1.165) is 9.80 Å². The fraction of sp³-hybridized carbons (Fsp3) is 0.417. The zero-order valence-corrected chi connectivity index (χ0v) is 11.0. The second-order valence-corrected chi connectivity index (χ2v) is 5.61. The van der Waals surface area contributed by atoms with Crippen LogP contribution in [0.2, 0.25) is 0 Å². The number of para-hydroxylation sites is 1. The van der Waals surface area contributed by atoms with Gasteiger partial charge in [0.1, 0.15) is 0 Å². The number of hydrogen-bond donors (Lipinski definition) is 1. The maximum Gasteiger partial charge on any atom is 0.415 e. The molecule has 1 aromatic rings. The lowest BCUT2D eigenvalue weighted by molar-refractivity contribution is -0.185. The van der Waals surface area contributed by atoms with Crippen molar-refractivity contribution in [3.8, 4) is 0 Å². The van der Waals surface area contributed by atoms with Crippen molar-refractivity contribution in [3.05, 3.63) is 24.3 Å². The Balaban J connectivity index is 2.37. The zero-order chi connectivity index (χ0) is 14.3. The van der Waals surface area contributed by atoms with Gasteiger partial charge >= 0.3 is 6.18 Å². The van der Waals surface area contributed by atoms with Gasteiger partial charge in [0.2, 0.25) is 0 Å². The van der Waals surface area contributed by atoms with Gasteiger partial charge in [-0.3, -0.25) is 4.79 Å². The van der Waals surface area contributed by atoms with Crippen molar-refractivity contribution < 1.29 is 18.0 Å². The van der Waals surface area contributed by atoms with Gasteiger partial charge in [-0.25, -0.2) is 0 Å². The minimum atomic E-state index is -4.77. The van der Waals surface area contributed by atoms with E-state index in [1.165, 1.54) is 11.8 Å². The highest BCUT2D eigenvalue weighted by molar-refractivity contribution is 7.99. The topological polar surface area (TPSA) is 46.3 Å². The Kier molecular flexibility index (Phi) is 3.53. The summed E-state index contributed by atoms with van der Waals surface area (Å²) < 4.78 is 38.5. The van der Waals surface area contributed by atoms with E-state index in [9.17, 15) is 18.0 Å². The van der Waals surface area contributed by atoms with Crippen LogP contribution in [0.5, 0.6) is 0 Å². The Morgan fingerprint density at radius 1 is 1.37 bits per heavy atom. The van der Waals surface area contributed by atoms with Crippen LogP contribution in [-0.2, 0) is 4.79 Å². The number of rotatable bonds is 1. The van der Waals surface area contributed by atoms with Gasteiger partial charge in [-0.05, 0) is 19.1 Å². The van der Waals surface area contributed by atoms with E-state index in [2.05, 4.69) is 0 Å². The van der Waals surface area contributed by atoms with Gasteiger partial charge < -0.3 is 10.6 Å². The van der Waals surface area contributed by atoms with Crippen molar-refractivity contribution in [1.29, 1.82) is 0 Å². The normalized spacial score (nSPS) is 18.7. The molecule has 7 heteroatoms.